The fourth-order valence-electron chi connectivity index (χ4n) is 3.73. The van der Waals surface area contributed by atoms with Crippen LogP contribution in [0.2, 0.25) is 0 Å². The number of carbonyl (C=O) groups excluding carboxylic acids is 1. The zero-order chi connectivity index (χ0) is 17.9. The Labute approximate surface area is 181 Å². The molecule has 2 aliphatic rings. The Morgan fingerprint density at radius 1 is 1.21 bits per heavy atom. The van der Waals surface area contributed by atoms with Crippen molar-refractivity contribution in [1.29, 1.82) is 0 Å². The maximum Gasteiger partial charge on any atom is 0.273 e. The maximum absolute atomic E-state index is 13.8. The van der Waals surface area contributed by atoms with Gasteiger partial charge in [0.2, 0.25) is 0 Å². The predicted octanol–water partition coefficient (Wildman–Crippen LogP) is 2.84. The molecule has 4 rings (SSSR count). The summed E-state index contributed by atoms with van der Waals surface area (Å²) in [6.45, 7) is 5.71. The van der Waals surface area contributed by atoms with Crippen molar-refractivity contribution in [1.82, 2.24) is 20.1 Å². The molecule has 3 heterocycles. The number of nitrogens with one attached hydrogen (secondary N) is 1. The quantitative estimate of drug-likeness (QED) is 0.784. The van der Waals surface area contributed by atoms with E-state index in [-0.39, 0.29) is 36.5 Å². The largest absolute Gasteiger partial charge is 0.336 e. The van der Waals surface area contributed by atoms with Gasteiger partial charge in [-0.2, -0.15) is 0 Å². The van der Waals surface area contributed by atoms with Crippen LogP contribution >= 0.6 is 36.2 Å². The molecular formula is C19H25Cl2FN4OS. The van der Waals surface area contributed by atoms with E-state index in [1.165, 1.54) is 17.4 Å². The maximum atomic E-state index is 13.8. The highest BCUT2D eigenvalue weighted by atomic mass is 35.5. The summed E-state index contributed by atoms with van der Waals surface area (Å²) < 4.78 is 13.8. The Morgan fingerprint density at radius 3 is 2.71 bits per heavy atom. The molecule has 2 aromatic rings. The minimum atomic E-state index is -0.228. The molecule has 0 bridgehead atoms. The van der Waals surface area contributed by atoms with E-state index >= 15 is 0 Å². The molecule has 1 aromatic heterocycles. The molecule has 1 atom stereocenters. The molecule has 1 aromatic carbocycles. The van der Waals surface area contributed by atoms with Crippen molar-refractivity contribution < 1.29 is 9.18 Å². The molecule has 0 aliphatic carbocycles. The van der Waals surface area contributed by atoms with Crippen molar-refractivity contribution >= 4 is 42.1 Å². The number of piperazine rings is 1. The van der Waals surface area contributed by atoms with Gasteiger partial charge in [0, 0.05) is 57.1 Å². The Hall–Kier alpha value is -1.25. The smallest absolute Gasteiger partial charge is 0.273 e. The summed E-state index contributed by atoms with van der Waals surface area (Å²) in [5, 5.41) is 5.94. The first-order valence-corrected chi connectivity index (χ1v) is 10.0. The lowest BCUT2D eigenvalue weighted by Gasteiger charge is -2.32. The first kappa shape index (κ1) is 23.0. The van der Waals surface area contributed by atoms with Crippen LogP contribution in [-0.2, 0) is 6.42 Å². The van der Waals surface area contributed by atoms with Crippen LogP contribution in [0.5, 0.6) is 0 Å². The molecule has 154 valence electrons. The summed E-state index contributed by atoms with van der Waals surface area (Å²) >= 11 is 1.43. The zero-order valence-electron chi connectivity index (χ0n) is 15.5. The number of hydrogen-bond donors (Lipinski definition) is 1. The summed E-state index contributed by atoms with van der Waals surface area (Å²) in [7, 11) is 0. The summed E-state index contributed by atoms with van der Waals surface area (Å²) in [6.07, 6.45) is 1.45. The number of rotatable bonds is 4. The molecule has 5 nitrogen and oxygen atoms in total. The van der Waals surface area contributed by atoms with Crippen molar-refractivity contribution in [2.45, 2.75) is 18.9 Å². The van der Waals surface area contributed by atoms with Gasteiger partial charge < -0.3 is 10.2 Å². The number of hydrogen-bond acceptors (Lipinski definition) is 5. The van der Waals surface area contributed by atoms with E-state index in [1.807, 2.05) is 11.0 Å². The van der Waals surface area contributed by atoms with E-state index in [1.54, 1.807) is 17.5 Å². The van der Waals surface area contributed by atoms with E-state index < -0.39 is 0 Å². The Balaban J connectivity index is 0.00000140. The monoisotopic (exact) mass is 446 g/mol. The van der Waals surface area contributed by atoms with Crippen molar-refractivity contribution in [2.24, 2.45) is 0 Å². The van der Waals surface area contributed by atoms with Crippen molar-refractivity contribution in [3.63, 3.8) is 0 Å². The third kappa shape index (κ3) is 5.21. The molecule has 9 heteroatoms. The van der Waals surface area contributed by atoms with Crippen LogP contribution in [0.25, 0.3) is 0 Å². The number of benzene rings is 1. The van der Waals surface area contributed by atoms with Gasteiger partial charge in [0.15, 0.2) is 0 Å². The molecule has 2 aliphatic heterocycles. The van der Waals surface area contributed by atoms with Gasteiger partial charge in [-0.05, 0) is 18.1 Å². The van der Waals surface area contributed by atoms with Gasteiger partial charge >= 0.3 is 0 Å². The zero-order valence-corrected chi connectivity index (χ0v) is 17.9. The summed E-state index contributed by atoms with van der Waals surface area (Å²) in [5.74, 6) is -0.229. The standard InChI is InChI=1S/C19H23FN4OS.2ClH/c20-16-4-2-1-3-14(16)11-18-22-17(13-26-18)19(25)24-8-5-15(12-24)23-9-6-21-7-10-23;;/h1-4,13,15,21H,5-12H2;2*1H. The number of amides is 1. The van der Waals surface area contributed by atoms with E-state index in [0.717, 1.165) is 50.7 Å². The highest BCUT2D eigenvalue weighted by Gasteiger charge is 2.32. The lowest BCUT2D eigenvalue weighted by atomic mass is 10.1. The van der Waals surface area contributed by atoms with Gasteiger partial charge in [-0.1, -0.05) is 18.2 Å². The third-order valence-electron chi connectivity index (χ3n) is 5.19. The van der Waals surface area contributed by atoms with Gasteiger partial charge in [0.25, 0.3) is 5.91 Å². The fourth-order valence-corrected chi connectivity index (χ4v) is 4.52. The molecule has 1 amide bonds. The predicted molar refractivity (Wildman–Crippen MR) is 115 cm³/mol. The average molecular weight is 447 g/mol. The van der Waals surface area contributed by atoms with Gasteiger partial charge in [0.05, 0.1) is 5.01 Å². The van der Waals surface area contributed by atoms with Crippen LogP contribution in [0.1, 0.15) is 27.5 Å². The first-order valence-electron chi connectivity index (χ1n) is 9.12. The Kier molecular flexibility index (Phi) is 8.64. The summed E-state index contributed by atoms with van der Waals surface area (Å²) in [4.78, 5) is 21.6. The Bertz CT molecular complexity index is 785. The second-order valence-corrected chi connectivity index (χ2v) is 7.82. The molecule has 0 radical (unpaired) electrons. The molecule has 2 fully saturated rings. The normalized spacial score (nSPS) is 19.8. The van der Waals surface area contributed by atoms with Crippen molar-refractivity contribution in [2.75, 3.05) is 39.3 Å². The molecule has 28 heavy (non-hydrogen) atoms. The topological polar surface area (TPSA) is 48.5 Å². The Morgan fingerprint density at radius 2 is 1.96 bits per heavy atom. The van der Waals surface area contributed by atoms with E-state index in [2.05, 4.69) is 15.2 Å². The fraction of sp³-hybridized carbons (Fsp3) is 0.474. The third-order valence-corrected chi connectivity index (χ3v) is 6.04. The van der Waals surface area contributed by atoms with Crippen LogP contribution in [0, 0.1) is 5.82 Å². The second kappa shape index (κ2) is 10.5. The van der Waals surface area contributed by atoms with Crippen LogP contribution < -0.4 is 5.32 Å². The minimum Gasteiger partial charge on any atom is -0.336 e. The molecular weight excluding hydrogens is 422 g/mol. The molecule has 1 unspecified atom stereocenters. The molecule has 1 N–H and O–H groups in total. The second-order valence-electron chi connectivity index (χ2n) is 6.87. The number of carbonyl (C=O) groups is 1. The van der Waals surface area contributed by atoms with Crippen LogP contribution in [0.3, 0.4) is 0 Å². The van der Waals surface area contributed by atoms with E-state index in [4.69, 9.17) is 0 Å². The number of nitrogens with zero attached hydrogens (tertiary/aromatic N) is 3. The molecule has 2 saturated heterocycles. The number of thiazole rings is 1. The summed E-state index contributed by atoms with van der Waals surface area (Å²) in [6, 6.07) is 7.17. The lowest BCUT2D eigenvalue weighted by molar-refractivity contribution is 0.0768. The highest BCUT2D eigenvalue weighted by molar-refractivity contribution is 7.09. The molecule has 0 saturated carbocycles. The van der Waals surface area contributed by atoms with Gasteiger partial charge in [0.1, 0.15) is 11.5 Å². The average Bonchev–Trinajstić information content (AvgIpc) is 3.34. The van der Waals surface area contributed by atoms with Gasteiger partial charge in [-0.15, -0.1) is 36.2 Å². The number of likely N-dealkylation sites (tertiary alicyclic amines) is 1. The van der Waals surface area contributed by atoms with E-state index in [0.29, 0.717) is 23.7 Å². The van der Waals surface area contributed by atoms with Crippen LogP contribution in [0.15, 0.2) is 29.6 Å². The number of aromatic nitrogens is 1. The van der Waals surface area contributed by atoms with Gasteiger partial charge in [-0.25, -0.2) is 9.37 Å². The molecule has 0 spiro atoms. The van der Waals surface area contributed by atoms with Crippen LogP contribution in [0.4, 0.5) is 4.39 Å². The lowest BCUT2D eigenvalue weighted by Crippen LogP contribution is -2.49. The van der Waals surface area contributed by atoms with Crippen molar-refractivity contribution in [3.05, 3.63) is 51.7 Å². The van der Waals surface area contributed by atoms with Gasteiger partial charge in [-0.3, -0.25) is 9.69 Å². The number of halogens is 3. The van der Waals surface area contributed by atoms with E-state index in [9.17, 15) is 9.18 Å². The minimum absolute atomic E-state index is 0. The SMILES string of the molecule is Cl.Cl.O=C(c1csc(Cc2ccccc2F)n1)N1CCC(N2CCNCC2)C1. The van der Waals surface area contributed by atoms with Crippen LogP contribution in [-0.4, -0.2) is 66.0 Å². The van der Waals surface area contributed by atoms with Crippen molar-refractivity contribution in [3.8, 4) is 0 Å². The highest BCUT2D eigenvalue weighted by Crippen LogP contribution is 2.21. The summed E-state index contributed by atoms with van der Waals surface area (Å²) in [5.41, 5.74) is 1.10. The first-order chi connectivity index (χ1) is 12.7.